The van der Waals surface area contributed by atoms with Gasteiger partial charge in [-0.15, -0.1) is 10.2 Å². The standard InChI is InChI=1S/C18H17ClFN3S/c1-2-23-17(10-13-6-4-3-5-7-13)21-22-18(23)24-12-14-8-9-15(20)11-16(14)19/h3-9,11H,2,10,12H2,1H3. The molecule has 124 valence electrons. The minimum Gasteiger partial charge on any atom is -0.306 e. The van der Waals surface area contributed by atoms with Crippen molar-refractivity contribution in [3.63, 3.8) is 0 Å². The quantitative estimate of drug-likeness (QED) is 0.580. The summed E-state index contributed by atoms with van der Waals surface area (Å²) in [5, 5.41) is 9.92. The van der Waals surface area contributed by atoms with Crippen LogP contribution in [0.5, 0.6) is 0 Å². The van der Waals surface area contributed by atoms with Crippen LogP contribution in [0.1, 0.15) is 23.9 Å². The molecule has 3 rings (SSSR count). The maximum Gasteiger partial charge on any atom is 0.191 e. The van der Waals surface area contributed by atoms with E-state index in [2.05, 4.69) is 33.8 Å². The van der Waals surface area contributed by atoms with Gasteiger partial charge >= 0.3 is 0 Å². The smallest absolute Gasteiger partial charge is 0.191 e. The topological polar surface area (TPSA) is 30.7 Å². The maximum absolute atomic E-state index is 13.1. The van der Waals surface area contributed by atoms with E-state index in [4.69, 9.17) is 11.6 Å². The second kappa shape index (κ2) is 7.81. The number of hydrogen-bond acceptors (Lipinski definition) is 3. The Morgan fingerprint density at radius 3 is 2.62 bits per heavy atom. The van der Waals surface area contributed by atoms with Crippen LogP contribution in [0.2, 0.25) is 5.02 Å². The van der Waals surface area contributed by atoms with Crippen LogP contribution >= 0.6 is 23.4 Å². The molecule has 0 amide bonds. The van der Waals surface area contributed by atoms with E-state index in [0.717, 1.165) is 29.5 Å². The molecule has 1 aromatic heterocycles. The van der Waals surface area contributed by atoms with E-state index in [9.17, 15) is 4.39 Å². The average Bonchev–Trinajstić information content (AvgIpc) is 2.96. The first kappa shape index (κ1) is 17.0. The Balaban J connectivity index is 1.74. The van der Waals surface area contributed by atoms with Gasteiger partial charge in [-0.05, 0) is 30.2 Å². The van der Waals surface area contributed by atoms with Gasteiger partial charge in [0.1, 0.15) is 11.6 Å². The molecule has 0 saturated heterocycles. The summed E-state index contributed by atoms with van der Waals surface area (Å²) in [7, 11) is 0. The SMILES string of the molecule is CCn1c(Cc2ccccc2)nnc1SCc1ccc(F)cc1Cl. The van der Waals surface area contributed by atoms with E-state index in [1.54, 1.807) is 17.8 Å². The molecule has 0 fully saturated rings. The van der Waals surface area contributed by atoms with Gasteiger partial charge in [0.05, 0.1) is 0 Å². The molecule has 0 atom stereocenters. The van der Waals surface area contributed by atoms with Gasteiger partial charge in [0.2, 0.25) is 0 Å². The van der Waals surface area contributed by atoms with Crippen molar-refractivity contribution in [3.8, 4) is 0 Å². The van der Waals surface area contributed by atoms with Gasteiger partial charge in [-0.2, -0.15) is 0 Å². The average molecular weight is 362 g/mol. The predicted octanol–water partition coefficient (Wildman–Crippen LogP) is 4.97. The molecular formula is C18H17ClFN3S. The lowest BCUT2D eigenvalue weighted by Crippen LogP contribution is -2.04. The molecule has 0 spiro atoms. The Kier molecular flexibility index (Phi) is 5.53. The van der Waals surface area contributed by atoms with Crippen molar-refractivity contribution in [1.29, 1.82) is 0 Å². The second-order valence-corrected chi connectivity index (χ2v) is 6.68. The number of halogens is 2. The lowest BCUT2D eigenvalue weighted by Gasteiger charge is -2.08. The van der Waals surface area contributed by atoms with E-state index >= 15 is 0 Å². The van der Waals surface area contributed by atoms with E-state index in [1.807, 2.05) is 18.2 Å². The van der Waals surface area contributed by atoms with Crippen molar-refractivity contribution < 1.29 is 4.39 Å². The molecule has 3 aromatic rings. The Hall–Kier alpha value is -1.85. The third-order valence-electron chi connectivity index (χ3n) is 3.69. The number of thioether (sulfide) groups is 1. The fourth-order valence-electron chi connectivity index (χ4n) is 2.43. The summed E-state index contributed by atoms with van der Waals surface area (Å²) < 4.78 is 15.2. The summed E-state index contributed by atoms with van der Waals surface area (Å²) >= 11 is 7.64. The molecule has 24 heavy (non-hydrogen) atoms. The van der Waals surface area contributed by atoms with Gasteiger partial charge < -0.3 is 4.57 Å². The third kappa shape index (κ3) is 3.97. The van der Waals surface area contributed by atoms with Gasteiger partial charge in [-0.1, -0.05) is 59.8 Å². The third-order valence-corrected chi connectivity index (χ3v) is 5.05. The Bertz CT molecular complexity index is 820. The first-order valence-corrected chi connectivity index (χ1v) is 9.06. The van der Waals surface area contributed by atoms with Crippen LogP contribution in [-0.4, -0.2) is 14.8 Å². The first-order valence-electron chi connectivity index (χ1n) is 7.70. The highest BCUT2D eigenvalue weighted by molar-refractivity contribution is 7.98. The highest BCUT2D eigenvalue weighted by atomic mass is 35.5. The normalized spacial score (nSPS) is 11.0. The van der Waals surface area contributed by atoms with Crippen LogP contribution in [0, 0.1) is 5.82 Å². The zero-order valence-corrected chi connectivity index (χ0v) is 14.8. The van der Waals surface area contributed by atoms with E-state index in [0.29, 0.717) is 10.8 Å². The zero-order chi connectivity index (χ0) is 16.9. The fourth-order valence-corrected chi connectivity index (χ4v) is 3.77. The van der Waals surface area contributed by atoms with E-state index in [-0.39, 0.29) is 5.82 Å². The van der Waals surface area contributed by atoms with Crippen LogP contribution in [0.15, 0.2) is 53.7 Å². The molecule has 0 aliphatic heterocycles. The number of aromatic nitrogens is 3. The highest BCUT2D eigenvalue weighted by Crippen LogP contribution is 2.27. The van der Waals surface area contributed by atoms with Crippen molar-refractivity contribution in [2.45, 2.75) is 30.8 Å². The minimum atomic E-state index is -0.323. The molecule has 1 heterocycles. The van der Waals surface area contributed by atoms with Crippen LogP contribution in [0.3, 0.4) is 0 Å². The number of rotatable bonds is 6. The molecule has 0 radical (unpaired) electrons. The molecule has 0 bridgehead atoms. The van der Waals surface area contributed by atoms with Crippen LogP contribution in [-0.2, 0) is 18.7 Å². The van der Waals surface area contributed by atoms with Crippen molar-refractivity contribution >= 4 is 23.4 Å². The summed E-state index contributed by atoms with van der Waals surface area (Å²) in [5.74, 6) is 1.25. The lowest BCUT2D eigenvalue weighted by molar-refractivity contribution is 0.627. The lowest BCUT2D eigenvalue weighted by atomic mass is 10.1. The first-order chi connectivity index (χ1) is 11.7. The molecule has 2 aromatic carbocycles. The van der Waals surface area contributed by atoms with E-state index < -0.39 is 0 Å². The van der Waals surface area contributed by atoms with E-state index in [1.165, 1.54) is 17.7 Å². The van der Waals surface area contributed by atoms with Gasteiger partial charge in [0, 0.05) is 23.7 Å². The summed E-state index contributed by atoms with van der Waals surface area (Å²) in [6.07, 6.45) is 0.750. The monoisotopic (exact) mass is 361 g/mol. The van der Waals surface area contributed by atoms with Crippen molar-refractivity contribution in [1.82, 2.24) is 14.8 Å². The second-order valence-electron chi connectivity index (χ2n) is 5.33. The summed E-state index contributed by atoms with van der Waals surface area (Å²) in [5.41, 5.74) is 2.09. The number of hydrogen-bond donors (Lipinski definition) is 0. The summed E-state index contributed by atoms with van der Waals surface area (Å²) in [6, 6.07) is 14.7. The van der Waals surface area contributed by atoms with Gasteiger partial charge in [0.15, 0.2) is 5.16 Å². The van der Waals surface area contributed by atoms with Crippen molar-refractivity contribution in [2.24, 2.45) is 0 Å². The molecule has 6 heteroatoms. The Labute approximate surface area is 149 Å². The van der Waals surface area contributed by atoms with Crippen LogP contribution in [0.4, 0.5) is 4.39 Å². The number of nitrogens with zero attached hydrogens (tertiary/aromatic N) is 3. The Morgan fingerprint density at radius 1 is 1.12 bits per heavy atom. The maximum atomic E-state index is 13.1. The Morgan fingerprint density at radius 2 is 1.92 bits per heavy atom. The minimum absolute atomic E-state index is 0.323. The van der Waals surface area contributed by atoms with Gasteiger partial charge in [0.25, 0.3) is 0 Å². The van der Waals surface area contributed by atoms with Crippen molar-refractivity contribution in [3.05, 3.63) is 76.3 Å². The molecular weight excluding hydrogens is 345 g/mol. The molecule has 0 unspecified atom stereocenters. The zero-order valence-electron chi connectivity index (χ0n) is 13.2. The molecule has 0 N–H and O–H groups in total. The highest BCUT2D eigenvalue weighted by Gasteiger charge is 2.13. The van der Waals surface area contributed by atoms with Gasteiger partial charge in [-0.3, -0.25) is 0 Å². The van der Waals surface area contributed by atoms with Crippen LogP contribution < -0.4 is 0 Å². The fraction of sp³-hybridized carbons (Fsp3) is 0.222. The molecule has 0 aliphatic carbocycles. The molecule has 0 aliphatic rings. The predicted molar refractivity (Wildman–Crippen MR) is 95.9 cm³/mol. The number of benzene rings is 2. The molecule has 3 nitrogen and oxygen atoms in total. The van der Waals surface area contributed by atoms with Crippen LogP contribution in [0.25, 0.3) is 0 Å². The molecule has 0 saturated carbocycles. The van der Waals surface area contributed by atoms with Gasteiger partial charge in [-0.25, -0.2) is 4.39 Å². The summed E-state index contributed by atoms with van der Waals surface area (Å²) in [6.45, 7) is 2.88. The summed E-state index contributed by atoms with van der Waals surface area (Å²) in [4.78, 5) is 0. The van der Waals surface area contributed by atoms with Crippen molar-refractivity contribution in [2.75, 3.05) is 0 Å². The largest absolute Gasteiger partial charge is 0.306 e.